The summed E-state index contributed by atoms with van der Waals surface area (Å²) in [5.41, 5.74) is 0.211. The van der Waals surface area contributed by atoms with Gasteiger partial charge in [0, 0.05) is 32.9 Å². The summed E-state index contributed by atoms with van der Waals surface area (Å²) in [5, 5.41) is -0.0173. The third-order valence-corrected chi connectivity index (χ3v) is 5.49. The Bertz CT molecular complexity index is 2510. The van der Waals surface area contributed by atoms with E-state index in [1.165, 1.54) is 21.3 Å². The highest BCUT2D eigenvalue weighted by atomic mass is 15.0. The van der Waals surface area contributed by atoms with Crippen molar-refractivity contribution in [2.45, 2.75) is 0 Å². The van der Waals surface area contributed by atoms with Crippen LogP contribution in [-0.2, 0) is 0 Å². The van der Waals surface area contributed by atoms with Crippen LogP contribution in [-0.4, -0.2) is 9.13 Å². The molecule has 0 atom stereocenters. The lowest BCUT2D eigenvalue weighted by molar-refractivity contribution is 1.13. The van der Waals surface area contributed by atoms with E-state index < -0.39 is 84.6 Å². The second-order valence-corrected chi connectivity index (χ2v) is 7.16. The summed E-state index contributed by atoms with van der Waals surface area (Å²) < 4.78 is 130. The maximum atomic E-state index is 8.79. The molecule has 2 nitrogen and oxygen atoms in total. The number of benzene rings is 5. The van der Waals surface area contributed by atoms with Crippen LogP contribution >= 0.6 is 0 Å². The highest BCUT2D eigenvalue weighted by Crippen LogP contribution is 2.35. The van der Waals surface area contributed by atoms with Crippen molar-refractivity contribution in [2.24, 2.45) is 0 Å². The number of rotatable bonds is 2. The molecular formula is C30H20N2. The highest BCUT2D eigenvalue weighted by molar-refractivity contribution is 6.10. The molecule has 0 aliphatic heterocycles. The van der Waals surface area contributed by atoms with Gasteiger partial charge in [-0.2, -0.15) is 0 Å². The first-order valence-corrected chi connectivity index (χ1v) is 9.74. The molecule has 2 heteroatoms. The number of nitrogens with zero attached hydrogens (tertiary/aromatic N) is 2. The van der Waals surface area contributed by atoms with Gasteiger partial charge in [-0.25, -0.2) is 0 Å². The molecule has 150 valence electrons. The summed E-state index contributed by atoms with van der Waals surface area (Å²) in [4.78, 5) is 0. The first kappa shape index (κ1) is 8.33. The second-order valence-electron chi connectivity index (χ2n) is 7.16. The van der Waals surface area contributed by atoms with Gasteiger partial charge in [0.05, 0.1) is 42.6 Å². The Kier molecular flexibility index (Phi) is 1.72. The maximum Gasteiger partial charge on any atom is 0.0645 e. The first-order chi connectivity index (χ1) is 22.1. The zero-order chi connectivity index (χ0) is 34.1. The lowest BCUT2D eigenvalue weighted by Gasteiger charge is -2.12. The molecule has 7 aromatic rings. The van der Waals surface area contributed by atoms with Gasteiger partial charge in [0.2, 0.25) is 0 Å². The van der Waals surface area contributed by atoms with E-state index in [1.807, 2.05) is 0 Å². The number of hydrogen-bond acceptors (Lipinski definition) is 0. The number of aromatic nitrogens is 2. The quantitative estimate of drug-likeness (QED) is 0.268. The standard InChI is InChI=1S/C30H20N2/c1-5-16-27-23(12-1)24-13-2-6-17-28(24)31(27)21-10-9-11-22(20-21)32-29-18-7-3-14-25(29)26-15-4-8-19-30(26)32/h1-20H/i1D,2D,3D,4D,5D,6D,7D,8D,12D,13D,14D,16D,17D,18D,19D. The topological polar surface area (TPSA) is 9.86 Å². The summed E-state index contributed by atoms with van der Waals surface area (Å²) in [6.45, 7) is 0. The molecule has 0 saturated carbocycles. The predicted octanol–water partition coefficient (Wildman–Crippen LogP) is 7.88. The van der Waals surface area contributed by atoms with Crippen LogP contribution in [0.3, 0.4) is 0 Å². The summed E-state index contributed by atoms with van der Waals surface area (Å²) in [6.07, 6.45) is 0. The molecular weight excluding hydrogens is 388 g/mol. The lowest BCUT2D eigenvalue weighted by Crippen LogP contribution is -1.98. The van der Waals surface area contributed by atoms with Crippen LogP contribution in [0.4, 0.5) is 0 Å². The average Bonchev–Trinajstić information content (AvgIpc) is 3.59. The summed E-state index contributed by atoms with van der Waals surface area (Å²) in [7, 11) is 0. The van der Waals surface area contributed by atoms with Gasteiger partial charge in [-0.1, -0.05) is 78.6 Å². The monoisotopic (exact) mass is 423 g/mol. The fraction of sp³-hybridized carbons (Fsp3) is 0. The van der Waals surface area contributed by atoms with Crippen molar-refractivity contribution in [3.05, 3.63) is 121 Å². The van der Waals surface area contributed by atoms with Gasteiger partial charge in [-0.3, -0.25) is 0 Å². The SMILES string of the molecule is [2H]c1cc2c3c([2H])c([2H])c([2H])c([2H])c3n(-c3cccc(-n4c5c([2H])c([2H])c([2H])c([2H])c5c5c([2H])c([2H])c([2H])c([2H])c54)c3)c2c([2H])c1[2H]. The molecule has 0 aliphatic rings. The molecule has 0 saturated heterocycles. The molecule has 5 aromatic carbocycles. The smallest absolute Gasteiger partial charge is 0.0645 e. The molecule has 2 aromatic heterocycles. The van der Waals surface area contributed by atoms with E-state index in [9.17, 15) is 0 Å². The van der Waals surface area contributed by atoms with Crippen LogP contribution in [0.1, 0.15) is 20.6 Å². The fourth-order valence-electron chi connectivity index (χ4n) is 4.19. The maximum absolute atomic E-state index is 8.79. The van der Waals surface area contributed by atoms with Gasteiger partial charge in [-0.15, -0.1) is 0 Å². The van der Waals surface area contributed by atoms with Crippen LogP contribution in [0.2, 0.25) is 0 Å². The van der Waals surface area contributed by atoms with E-state index in [-0.39, 0.29) is 61.0 Å². The molecule has 0 unspecified atom stereocenters. The molecule has 0 N–H and O–H groups in total. The summed E-state index contributed by atoms with van der Waals surface area (Å²) in [6, 6.07) is 0.160. The van der Waals surface area contributed by atoms with E-state index in [1.54, 1.807) is 18.2 Å². The van der Waals surface area contributed by atoms with Gasteiger partial charge < -0.3 is 9.13 Å². The molecule has 2 heterocycles. The largest absolute Gasteiger partial charge is 0.309 e. The van der Waals surface area contributed by atoms with Gasteiger partial charge >= 0.3 is 0 Å². The Hall–Kier alpha value is -4.30. The predicted molar refractivity (Wildman–Crippen MR) is 135 cm³/mol. The highest BCUT2D eigenvalue weighted by Gasteiger charge is 2.14. The minimum atomic E-state index is -0.579. The molecule has 0 fully saturated rings. The number of para-hydroxylation sites is 4. The van der Waals surface area contributed by atoms with Crippen molar-refractivity contribution < 1.29 is 20.6 Å². The molecule has 32 heavy (non-hydrogen) atoms. The van der Waals surface area contributed by atoms with Crippen molar-refractivity contribution >= 4 is 43.6 Å². The van der Waals surface area contributed by atoms with Crippen LogP contribution < -0.4 is 0 Å². The van der Waals surface area contributed by atoms with Gasteiger partial charge in [-0.05, 0) is 42.4 Å². The molecule has 0 bridgehead atoms. The summed E-state index contributed by atoms with van der Waals surface area (Å²) in [5.74, 6) is 0. The van der Waals surface area contributed by atoms with Crippen molar-refractivity contribution in [1.29, 1.82) is 0 Å². The van der Waals surface area contributed by atoms with Crippen molar-refractivity contribution in [3.8, 4) is 11.4 Å². The second kappa shape index (κ2) is 6.60. The zero-order valence-corrected chi connectivity index (χ0v) is 16.3. The van der Waals surface area contributed by atoms with E-state index >= 15 is 0 Å². The van der Waals surface area contributed by atoms with E-state index in [0.29, 0.717) is 0 Å². The molecule has 7 rings (SSSR count). The van der Waals surface area contributed by atoms with Gasteiger partial charge in [0.1, 0.15) is 0 Å². The average molecular weight is 424 g/mol. The van der Waals surface area contributed by atoms with Gasteiger partial charge in [0.15, 0.2) is 0 Å². The Morgan fingerprint density at radius 1 is 0.438 bits per heavy atom. The Morgan fingerprint density at radius 2 is 0.844 bits per heavy atom. The van der Waals surface area contributed by atoms with Crippen LogP contribution in [0.5, 0.6) is 0 Å². The van der Waals surface area contributed by atoms with Gasteiger partial charge in [0.25, 0.3) is 0 Å². The molecule has 0 amide bonds. The normalized spacial score (nSPS) is 18.3. The zero-order valence-electron chi connectivity index (χ0n) is 31.3. The third-order valence-electron chi connectivity index (χ3n) is 5.49. The molecule has 0 spiro atoms. The number of fused-ring (bicyclic) bond motifs is 6. The van der Waals surface area contributed by atoms with E-state index in [0.717, 1.165) is 0 Å². The Balaban J connectivity index is 1.70. The number of hydrogen-bond donors (Lipinski definition) is 0. The Labute approximate surface area is 206 Å². The third kappa shape index (κ3) is 2.35. The van der Waals surface area contributed by atoms with Crippen molar-refractivity contribution in [1.82, 2.24) is 9.13 Å². The first-order valence-electron chi connectivity index (χ1n) is 17.2. The van der Waals surface area contributed by atoms with Crippen LogP contribution in [0.15, 0.2) is 121 Å². The minimum Gasteiger partial charge on any atom is -0.309 e. The Morgan fingerprint density at radius 3 is 1.38 bits per heavy atom. The van der Waals surface area contributed by atoms with E-state index in [2.05, 4.69) is 0 Å². The van der Waals surface area contributed by atoms with E-state index in [4.69, 9.17) is 20.6 Å². The minimum absolute atomic E-state index is 0.0206. The molecule has 0 radical (unpaired) electrons. The van der Waals surface area contributed by atoms with Crippen molar-refractivity contribution in [3.63, 3.8) is 0 Å². The molecule has 0 aliphatic carbocycles. The van der Waals surface area contributed by atoms with Crippen LogP contribution in [0, 0.1) is 0 Å². The summed E-state index contributed by atoms with van der Waals surface area (Å²) >= 11 is 0. The van der Waals surface area contributed by atoms with Crippen LogP contribution in [0.25, 0.3) is 55.0 Å². The fourth-order valence-corrected chi connectivity index (χ4v) is 4.19. The van der Waals surface area contributed by atoms with Crippen molar-refractivity contribution in [2.75, 3.05) is 0 Å². The lowest BCUT2D eigenvalue weighted by atomic mass is 10.2.